The van der Waals surface area contributed by atoms with Gasteiger partial charge >= 0.3 is 0 Å². The number of rotatable bonds is 6. The van der Waals surface area contributed by atoms with Gasteiger partial charge in [-0.2, -0.15) is 5.10 Å². The number of H-pyrrole nitrogens is 1. The smallest absolute Gasteiger partial charge is 0.244 e. The second-order valence-electron chi connectivity index (χ2n) is 6.30. The fourth-order valence-corrected chi connectivity index (χ4v) is 4.49. The number of aromatic nitrogens is 2. The van der Waals surface area contributed by atoms with Crippen LogP contribution in [0.4, 0.5) is 0 Å². The molecule has 2 aliphatic carbocycles. The minimum atomic E-state index is -3.51. The highest BCUT2D eigenvalue weighted by atomic mass is 32.2. The Morgan fingerprint density at radius 2 is 2.10 bits per heavy atom. The van der Waals surface area contributed by atoms with Crippen LogP contribution in [0, 0.1) is 6.92 Å². The normalized spacial score (nSPS) is 21.7. The van der Waals surface area contributed by atoms with E-state index in [0.717, 1.165) is 19.3 Å². The van der Waals surface area contributed by atoms with Crippen molar-refractivity contribution in [2.75, 3.05) is 0 Å². The molecular formula is C13H22N4O2S. The zero-order chi connectivity index (χ0) is 14.4. The minimum Gasteiger partial charge on any atom is -0.308 e. The van der Waals surface area contributed by atoms with Crippen molar-refractivity contribution in [3.63, 3.8) is 0 Å². The topological polar surface area (TPSA) is 86.9 Å². The Morgan fingerprint density at radius 1 is 1.40 bits per heavy atom. The number of sulfonamides is 1. The highest BCUT2D eigenvalue weighted by Crippen LogP contribution is 2.33. The second kappa shape index (κ2) is 4.82. The van der Waals surface area contributed by atoms with Gasteiger partial charge in [-0.3, -0.25) is 5.10 Å². The first-order valence-electron chi connectivity index (χ1n) is 7.21. The number of hydrogen-bond donors (Lipinski definition) is 3. The van der Waals surface area contributed by atoms with Gasteiger partial charge in [0.1, 0.15) is 4.90 Å². The molecule has 1 aromatic heterocycles. The standard InChI is InChI=1S/C13H22N4O2S/c1-9-12(11(16-15-9)8-14-10-4-5-10)20(18,19)17-13(2)6-3-7-13/h10,14,17H,3-8H2,1-2H3,(H,15,16). The fraction of sp³-hybridized carbons (Fsp3) is 0.769. The molecule has 0 aliphatic heterocycles. The van der Waals surface area contributed by atoms with Gasteiger partial charge in [0.05, 0.1) is 11.4 Å². The van der Waals surface area contributed by atoms with E-state index in [1.54, 1.807) is 6.92 Å². The van der Waals surface area contributed by atoms with E-state index in [0.29, 0.717) is 28.9 Å². The summed E-state index contributed by atoms with van der Waals surface area (Å²) in [5.74, 6) is 0. The molecule has 1 heterocycles. The Kier molecular flexibility index (Phi) is 3.38. The maximum Gasteiger partial charge on any atom is 0.244 e. The molecule has 0 unspecified atom stereocenters. The van der Waals surface area contributed by atoms with Crippen LogP contribution in [0.3, 0.4) is 0 Å². The molecule has 6 nitrogen and oxygen atoms in total. The van der Waals surface area contributed by atoms with Crippen LogP contribution < -0.4 is 10.0 Å². The lowest BCUT2D eigenvalue weighted by molar-refractivity contribution is 0.248. The van der Waals surface area contributed by atoms with Crippen molar-refractivity contribution in [3.05, 3.63) is 11.4 Å². The Morgan fingerprint density at radius 3 is 2.65 bits per heavy atom. The van der Waals surface area contributed by atoms with E-state index in [-0.39, 0.29) is 5.54 Å². The lowest BCUT2D eigenvalue weighted by atomic mass is 9.80. The number of nitrogens with zero attached hydrogens (tertiary/aromatic N) is 1. The van der Waals surface area contributed by atoms with Crippen molar-refractivity contribution in [3.8, 4) is 0 Å². The molecule has 0 saturated heterocycles. The predicted molar refractivity (Wildman–Crippen MR) is 75.8 cm³/mol. The molecule has 3 N–H and O–H groups in total. The summed E-state index contributed by atoms with van der Waals surface area (Å²) in [5.41, 5.74) is 0.904. The van der Waals surface area contributed by atoms with Crippen LogP contribution in [-0.4, -0.2) is 30.2 Å². The van der Waals surface area contributed by atoms with Crippen LogP contribution in [0.25, 0.3) is 0 Å². The van der Waals surface area contributed by atoms with Crippen molar-refractivity contribution < 1.29 is 8.42 Å². The summed E-state index contributed by atoms with van der Waals surface area (Å²) in [5, 5.41) is 10.3. The third-order valence-electron chi connectivity index (χ3n) is 4.20. The molecule has 0 radical (unpaired) electrons. The van der Waals surface area contributed by atoms with Gasteiger partial charge < -0.3 is 5.32 Å². The average Bonchev–Trinajstić information content (AvgIpc) is 3.07. The Bertz CT molecular complexity index is 600. The van der Waals surface area contributed by atoms with E-state index < -0.39 is 10.0 Å². The van der Waals surface area contributed by atoms with Gasteiger partial charge in [-0.25, -0.2) is 13.1 Å². The average molecular weight is 298 g/mol. The van der Waals surface area contributed by atoms with E-state index in [1.807, 2.05) is 6.92 Å². The highest BCUT2D eigenvalue weighted by Gasteiger charge is 2.38. The van der Waals surface area contributed by atoms with Gasteiger partial charge in [0.15, 0.2) is 0 Å². The predicted octanol–water partition coefficient (Wildman–Crippen LogP) is 1.19. The summed E-state index contributed by atoms with van der Waals surface area (Å²) in [6.45, 7) is 4.22. The maximum atomic E-state index is 12.6. The van der Waals surface area contributed by atoms with Gasteiger partial charge in [0.25, 0.3) is 0 Å². The SMILES string of the molecule is Cc1[nH]nc(CNC2CC2)c1S(=O)(=O)NC1(C)CCC1. The van der Waals surface area contributed by atoms with E-state index >= 15 is 0 Å². The van der Waals surface area contributed by atoms with Crippen molar-refractivity contribution >= 4 is 10.0 Å². The zero-order valence-electron chi connectivity index (χ0n) is 12.0. The third kappa shape index (κ3) is 2.75. The van der Waals surface area contributed by atoms with Crippen molar-refractivity contribution in [2.45, 2.75) is 69.0 Å². The summed E-state index contributed by atoms with van der Waals surface area (Å²) < 4.78 is 28.0. The maximum absolute atomic E-state index is 12.6. The lowest BCUT2D eigenvalue weighted by Gasteiger charge is -2.38. The summed E-state index contributed by atoms with van der Waals surface area (Å²) in [6.07, 6.45) is 5.22. The first-order valence-corrected chi connectivity index (χ1v) is 8.69. The molecule has 1 aromatic rings. The van der Waals surface area contributed by atoms with Gasteiger partial charge in [-0.05, 0) is 46.0 Å². The van der Waals surface area contributed by atoms with Crippen LogP contribution in [0.5, 0.6) is 0 Å². The Labute approximate surface area is 119 Å². The highest BCUT2D eigenvalue weighted by molar-refractivity contribution is 7.89. The Hall–Kier alpha value is -0.920. The molecule has 2 fully saturated rings. The van der Waals surface area contributed by atoms with Crippen molar-refractivity contribution in [2.24, 2.45) is 0 Å². The lowest BCUT2D eigenvalue weighted by Crippen LogP contribution is -2.51. The first-order chi connectivity index (χ1) is 9.40. The quantitative estimate of drug-likeness (QED) is 0.736. The van der Waals surface area contributed by atoms with Gasteiger partial charge in [-0.1, -0.05) is 0 Å². The summed E-state index contributed by atoms with van der Waals surface area (Å²) >= 11 is 0. The van der Waals surface area contributed by atoms with Crippen molar-refractivity contribution in [1.29, 1.82) is 0 Å². The minimum absolute atomic E-state index is 0.288. The second-order valence-corrected chi connectivity index (χ2v) is 7.92. The fourth-order valence-electron chi connectivity index (χ4n) is 2.66. The molecule has 0 spiro atoms. The van der Waals surface area contributed by atoms with Gasteiger partial charge in [0.2, 0.25) is 10.0 Å². The molecule has 0 bridgehead atoms. The Balaban J connectivity index is 1.81. The number of nitrogens with one attached hydrogen (secondary N) is 3. The summed E-state index contributed by atoms with van der Waals surface area (Å²) in [7, 11) is -3.51. The third-order valence-corrected chi connectivity index (χ3v) is 6.04. The number of aromatic amines is 1. The van der Waals surface area contributed by atoms with E-state index in [1.165, 1.54) is 12.8 Å². The molecule has 0 amide bonds. The van der Waals surface area contributed by atoms with E-state index in [9.17, 15) is 8.42 Å². The van der Waals surface area contributed by atoms with Crippen molar-refractivity contribution in [1.82, 2.24) is 20.2 Å². The molecule has 0 atom stereocenters. The summed E-state index contributed by atoms with van der Waals surface area (Å²) in [4.78, 5) is 0.318. The van der Waals surface area contributed by atoms with Gasteiger partial charge in [-0.15, -0.1) is 0 Å². The molecule has 2 aliphatic rings. The van der Waals surface area contributed by atoms with Gasteiger partial charge in [0, 0.05) is 18.1 Å². The molecule has 2 saturated carbocycles. The number of aryl methyl sites for hydroxylation is 1. The van der Waals surface area contributed by atoms with Crippen LogP contribution in [-0.2, 0) is 16.6 Å². The largest absolute Gasteiger partial charge is 0.308 e. The van der Waals surface area contributed by atoms with E-state index in [2.05, 4.69) is 20.2 Å². The van der Waals surface area contributed by atoms with Crippen LogP contribution in [0.2, 0.25) is 0 Å². The molecule has 0 aromatic carbocycles. The summed E-state index contributed by atoms with van der Waals surface area (Å²) in [6, 6.07) is 0.527. The van der Waals surface area contributed by atoms with Crippen LogP contribution >= 0.6 is 0 Å². The van der Waals surface area contributed by atoms with Crippen LogP contribution in [0.1, 0.15) is 50.4 Å². The molecule has 20 heavy (non-hydrogen) atoms. The first kappa shape index (κ1) is 14.0. The molecule has 3 rings (SSSR count). The van der Waals surface area contributed by atoms with Crippen LogP contribution in [0.15, 0.2) is 4.90 Å². The molecule has 112 valence electrons. The molecular weight excluding hydrogens is 276 g/mol. The van der Waals surface area contributed by atoms with E-state index in [4.69, 9.17) is 0 Å². The zero-order valence-corrected chi connectivity index (χ0v) is 12.8. The molecule has 7 heteroatoms. The number of hydrogen-bond acceptors (Lipinski definition) is 4. The monoisotopic (exact) mass is 298 g/mol.